The molecule has 7 nitrogen and oxygen atoms in total. The Morgan fingerprint density at radius 3 is 2.23 bits per heavy atom. The van der Waals surface area contributed by atoms with Crippen LogP contribution in [0.15, 0.2) is 42.5 Å². The zero-order valence-corrected chi connectivity index (χ0v) is 14.9. The molecule has 0 aromatic heterocycles. The molecule has 0 aliphatic carbocycles. The third-order valence-electron chi connectivity index (χ3n) is 3.79. The van der Waals surface area contributed by atoms with Gasteiger partial charge in [0.25, 0.3) is 0 Å². The van der Waals surface area contributed by atoms with Crippen LogP contribution in [0.4, 0.5) is 5.69 Å². The Morgan fingerprint density at radius 1 is 1.00 bits per heavy atom. The quantitative estimate of drug-likeness (QED) is 0.779. The van der Waals surface area contributed by atoms with Crippen molar-refractivity contribution in [1.29, 1.82) is 0 Å². The Bertz CT molecular complexity index is 772. The Kier molecular flexibility index (Phi) is 6.43. The number of carbonyl (C=O) groups excluding carboxylic acids is 1. The predicted octanol–water partition coefficient (Wildman–Crippen LogP) is 2.37. The van der Waals surface area contributed by atoms with Gasteiger partial charge in [-0.15, -0.1) is 0 Å². The van der Waals surface area contributed by atoms with Gasteiger partial charge in [0.1, 0.15) is 17.2 Å². The lowest BCUT2D eigenvalue weighted by molar-refractivity contribution is -0.139. The summed E-state index contributed by atoms with van der Waals surface area (Å²) in [7, 11) is 4.78. The number of amides is 1. The molecule has 138 valence electrons. The van der Waals surface area contributed by atoms with Crippen molar-refractivity contribution in [1.82, 2.24) is 0 Å². The van der Waals surface area contributed by atoms with Crippen LogP contribution in [0.5, 0.6) is 17.2 Å². The molecule has 0 fully saturated rings. The fourth-order valence-electron chi connectivity index (χ4n) is 2.36. The molecule has 2 rings (SSSR count). The van der Waals surface area contributed by atoms with Gasteiger partial charge in [-0.1, -0.05) is 0 Å². The maximum Gasteiger partial charge on any atom is 0.341 e. The number of hydrogen-bond donors (Lipinski definition) is 1. The van der Waals surface area contributed by atoms with Crippen LogP contribution in [-0.2, 0) is 16.0 Å². The molecule has 2 aromatic rings. The summed E-state index contributed by atoms with van der Waals surface area (Å²) in [6.45, 7) is -0.413. The number of anilines is 1. The molecule has 0 spiro atoms. The van der Waals surface area contributed by atoms with Gasteiger partial charge in [-0.25, -0.2) is 4.79 Å². The molecule has 0 radical (unpaired) electrons. The molecular formula is C19H21NO6. The Hall–Kier alpha value is -3.22. The molecular weight excluding hydrogens is 338 g/mol. The molecule has 0 bridgehead atoms. The monoisotopic (exact) mass is 359 g/mol. The normalized spacial score (nSPS) is 10.1. The van der Waals surface area contributed by atoms with Gasteiger partial charge >= 0.3 is 5.97 Å². The summed E-state index contributed by atoms with van der Waals surface area (Å²) in [6, 6.07) is 11.9. The zero-order valence-electron chi connectivity index (χ0n) is 14.9. The number of carbonyl (C=O) groups is 2. The van der Waals surface area contributed by atoms with Crippen LogP contribution in [-0.4, -0.2) is 44.9 Å². The minimum atomic E-state index is -1.05. The van der Waals surface area contributed by atoms with Crippen molar-refractivity contribution in [3.63, 3.8) is 0 Å². The highest BCUT2D eigenvalue weighted by molar-refractivity contribution is 5.94. The van der Waals surface area contributed by atoms with Crippen LogP contribution in [0, 0.1) is 0 Å². The maximum atomic E-state index is 12.6. The van der Waals surface area contributed by atoms with Crippen molar-refractivity contribution >= 4 is 17.6 Å². The number of carboxylic acids is 1. The first kappa shape index (κ1) is 19.1. The standard InChI is InChI=1S/C19H21NO6/c1-20(14-4-6-15(7-5-14)26-12-19(22)23)18(21)11-13-10-16(24-2)8-9-17(13)25-3/h4-10H,11-12H2,1-3H3,(H,22,23). The van der Waals surface area contributed by atoms with Gasteiger partial charge in [0.2, 0.25) is 5.91 Å². The van der Waals surface area contributed by atoms with Crippen LogP contribution >= 0.6 is 0 Å². The summed E-state index contributed by atoms with van der Waals surface area (Å²) in [5.41, 5.74) is 1.39. The second kappa shape index (κ2) is 8.75. The Morgan fingerprint density at radius 2 is 1.65 bits per heavy atom. The molecule has 0 unspecified atom stereocenters. The number of likely N-dealkylation sites (N-methyl/N-ethyl adjacent to an activating group) is 1. The van der Waals surface area contributed by atoms with Crippen molar-refractivity contribution in [3.05, 3.63) is 48.0 Å². The van der Waals surface area contributed by atoms with Crippen molar-refractivity contribution in [2.24, 2.45) is 0 Å². The number of nitrogens with zero attached hydrogens (tertiary/aromatic N) is 1. The summed E-state index contributed by atoms with van der Waals surface area (Å²) in [4.78, 5) is 24.6. The van der Waals surface area contributed by atoms with E-state index >= 15 is 0 Å². The minimum absolute atomic E-state index is 0.129. The largest absolute Gasteiger partial charge is 0.497 e. The second-order valence-electron chi connectivity index (χ2n) is 5.48. The van der Waals surface area contributed by atoms with Gasteiger partial charge in [-0.2, -0.15) is 0 Å². The van der Waals surface area contributed by atoms with E-state index in [1.807, 2.05) is 0 Å². The SMILES string of the molecule is COc1ccc(OC)c(CC(=O)N(C)c2ccc(OCC(=O)O)cc2)c1. The number of carboxylic acid groups (broad SMARTS) is 1. The first-order valence-electron chi connectivity index (χ1n) is 7.86. The number of hydrogen-bond acceptors (Lipinski definition) is 5. The first-order valence-corrected chi connectivity index (χ1v) is 7.86. The van der Waals surface area contributed by atoms with E-state index in [-0.39, 0.29) is 12.3 Å². The van der Waals surface area contributed by atoms with E-state index in [2.05, 4.69) is 0 Å². The smallest absolute Gasteiger partial charge is 0.341 e. The average molecular weight is 359 g/mol. The third kappa shape index (κ3) is 4.89. The van der Waals surface area contributed by atoms with Crippen LogP contribution in [0.1, 0.15) is 5.56 Å². The first-order chi connectivity index (χ1) is 12.4. The van der Waals surface area contributed by atoms with E-state index in [1.54, 1.807) is 63.7 Å². The average Bonchev–Trinajstić information content (AvgIpc) is 2.66. The summed E-state index contributed by atoms with van der Waals surface area (Å²) in [5, 5.41) is 8.61. The van der Waals surface area contributed by atoms with Crippen molar-refractivity contribution < 1.29 is 28.9 Å². The molecule has 26 heavy (non-hydrogen) atoms. The summed E-state index contributed by atoms with van der Waals surface area (Å²) < 4.78 is 15.6. The highest BCUT2D eigenvalue weighted by atomic mass is 16.5. The van der Waals surface area contributed by atoms with Crippen LogP contribution in [0.2, 0.25) is 0 Å². The van der Waals surface area contributed by atoms with Gasteiger partial charge in [0.05, 0.1) is 20.6 Å². The Labute approximate surface area is 151 Å². The third-order valence-corrected chi connectivity index (χ3v) is 3.79. The predicted molar refractivity (Wildman–Crippen MR) is 96.2 cm³/mol. The van der Waals surface area contributed by atoms with Gasteiger partial charge in [-0.3, -0.25) is 4.79 Å². The maximum absolute atomic E-state index is 12.6. The molecule has 0 aliphatic heterocycles. The Balaban J connectivity index is 2.08. The molecule has 1 N–H and O–H groups in total. The molecule has 0 aliphatic rings. The number of benzene rings is 2. The lowest BCUT2D eigenvalue weighted by Crippen LogP contribution is -2.28. The van der Waals surface area contributed by atoms with Crippen molar-refractivity contribution in [2.75, 3.05) is 32.8 Å². The molecule has 0 saturated carbocycles. The number of methoxy groups -OCH3 is 2. The highest BCUT2D eigenvalue weighted by Crippen LogP contribution is 2.26. The van der Waals surface area contributed by atoms with E-state index in [0.29, 0.717) is 22.9 Å². The van der Waals surface area contributed by atoms with Crippen LogP contribution in [0.3, 0.4) is 0 Å². The zero-order chi connectivity index (χ0) is 19.1. The van der Waals surface area contributed by atoms with Gasteiger partial charge in [0.15, 0.2) is 6.61 Å². The second-order valence-corrected chi connectivity index (χ2v) is 5.48. The highest BCUT2D eigenvalue weighted by Gasteiger charge is 2.15. The summed E-state index contributed by atoms with van der Waals surface area (Å²) in [5.74, 6) is 0.511. The fraction of sp³-hybridized carbons (Fsp3) is 0.263. The van der Waals surface area contributed by atoms with Crippen LogP contribution < -0.4 is 19.1 Å². The van der Waals surface area contributed by atoms with Crippen molar-refractivity contribution in [2.45, 2.75) is 6.42 Å². The van der Waals surface area contributed by atoms with Crippen LogP contribution in [0.25, 0.3) is 0 Å². The van der Waals surface area contributed by atoms with E-state index in [4.69, 9.17) is 19.3 Å². The lowest BCUT2D eigenvalue weighted by Gasteiger charge is -2.19. The molecule has 0 saturated heterocycles. The van der Waals surface area contributed by atoms with E-state index in [1.165, 1.54) is 4.90 Å². The molecule has 0 atom stereocenters. The number of rotatable bonds is 8. The van der Waals surface area contributed by atoms with E-state index in [0.717, 1.165) is 5.56 Å². The molecule has 2 aromatic carbocycles. The topological polar surface area (TPSA) is 85.3 Å². The number of aliphatic carboxylic acids is 1. The number of ether oxygens (including phenoxy) is 3. The van der Waals surface area contributed by atoms with E-state index in [9.17, 15) is 9.59 Å². The molecule has 1 amide bonds. The van der Waals surface area contributed by atoms with Gasteiger partial charge < -0.3 is 24.2 Å². The lowest BCUT2D eigenvalue weighted by atomic mass is 10.1. The van der Waals surface area contributed by atoms with E-state index < -0.39 is 12.6 Å². The molecule has 7 heteroatoms. The molecule has 0 heterocycles. The summed E-state index contributed by atoms with van der Waals surface area (Å²) >= 11 is 0. The van der Waals surface area contributed by atoms with Gasteiger partial charge in [-0.05, 0) is 42.5 Å². The fourth-order valence-corrected chi connectivity index (χ4v) is 2.36. The van der Waals surface area contributed by atoms with Gasteiger partial charge in [0, 0.05) is 18.3 Å². The van der Waals surface area contributed by atoms with Crippen molar-refractivity contribution in [3.8, 4) is 17.2 Å². The summed E-state index contributed by atoms with van der Waals surface area (Å²) in [6.07, 6.45) is 0.147. The minimum Gasteiger partial charge on any atom is -0.497 e.